The quantitative estimate of drug-likeness (QED) is 0.718. The molecule has 19 heavy (non-hydrogen) atoms. The number of methoxy groups -OCH3 is 1. The zero-order valence-electron chi connectivity index (χ0n) is 18.4. The zero-order valence-corrected chi connectivity index (χ0v) is 11.4. The molecule has 0 heterocycles. The summed E-state index contributed by atoms with van der Waals surface area (Å²) in [6, 6.07) is 4.89. The Bertz CT molecular complexity index is 591. The minimum absolute atomic E-state index is 0.0279. The minimum Gasteiger partial charge on any atom is -0.491 e. The molecule has 0 aliphatic carbocycles. The van der Waals surface area contributed by atoms with Crippen LogP contribution in [-0.2, 0) is 11.1 Å². The first-order valence-corrected chi connectivity index (χ1v) is 5.97. The van der Waals surface area contributed by atoms with E-state index in [1.165, 1.54) is 24.3 Å². The van der Waals surface area contributed by atoms with Crippen molar-refractivity contribution in [1.29, 1.82) is 0 Å². The van der Waals surface area contributed by atoms with Gasteiger partial charge in [0.1, 0.15) is 18.4 Å². The Morgan fingerprint density at radius 1 is 1.37 bits per heavy atom. The van der Waals surface area contributed by atoms with Gasteiger partial charge in [-0.15, -0.1) is 0 Å². The molecule has 4 nitrogen and oxygen atoms in total. The molecule has 0 saturated heterocycles. The molecule has 1 aromatic carbocycles. The second-order valence-electron chi connectivity index (χ2n) is 4.14. The van der Waals surface area contributed by atoms with E-state index < -0.39 is 25.6 Å². The van der Waals surface area contributed by atoms with E-state index in [0.717, 1.165) is 7.11 Å². The van der Waals surface area contributed by atoms with Gasteiger partial charge in [-0.3, -0.25) is 0 Å². The van der Waals surface area contributed by atoms with E-state index in [9.17, 15) is 5.11 Å². The van der Waals surface area contributed by atoms with E-state index in [4.69, 9.17) is 14.3 Å². The van der Waals surface area contributed by atoms with Crippen LogP contribution in [0.4, 0.5) is 0 Å². The fourth-order valence-corrected chi connectivity index (χ4v) is 1.17. The van der Waals surface area contributed by atoms with Gasteiger partial charge in [-0.2, -0.15) is 0 Å². The Labute approximate surface area is 125 Å². The number of nitrogens with one attached hydrogen (secondary N) is 1. The summed E-state index contributed by atoms with van der Waals surface area (Å²) < 4.78 is 64.0. The molecule has 2 N–H and O–H groups in total. The van der Waals surface area contributed by atoms with Crippen molar-refractivity contribution >= 4 is 0 Å². The van der Waals surface area contributed by atoms with Crippen molar-refractivity contribution in [3.8, 4) is 5.75 Å². The second kappa shape index (κ2) is 8.91. The van der Waals surface area contributed by atoms with E-state index in [-0.39, 0.29) is 23.9 Å². The fraction of sp³-hybridized carbons (Fsp3) is 0.600. The minimum atomic E-state index is -2.74. The van der Waals surface area contributed by atoms with Crippen molar-refractivity contribution in [3.63, 3.8) is 0 Å². The van der Waals surface area contributed by atoms with Gasteiger partial charge in [0, 0.05) is 22.4 Å². The van der Waals surface area contributed by atoms with Crippen LogP contribution < -0.4 is 10.1 Å². The molecule has 0 radical (unpaired) electrons. The number of ether oxygens (including phenoxy) is 2. The van der Waals surface area contributed by atoms with Crippen LogP contribution in [0.25, 0.3) is 0 Å². The largest absolute Gasteiger partial charge is 0.491 e. The van der Waals surface area contributed by atoms with Crippen LogP contribution in [0.5, 0.6) is 5.75 Å². The molecule has 0 aliphatic heterocycles. The molecule has 0 fully saturated rings. The topological polar surface area (TPSA) is 50.7 Å². The fourth-order valence-electron chi connectivity index (χ4n) is 1.17. The molecule has 4 heteroatoms. The van der Waals surface area contributed by atoms with Crippen molar-refractivity contribution in [3.05, 3.63) is 29.8 Å². The number of rotatable bonds is 9. The molecule has 108 valence electrons. The van der Waals surface area contributed by atoms with Gasteiger partial charge in [0.05, 0.1) is 13.4 Å². The first kappa shape index (κ1) is 8.25. The zero-order chi connectivity index (χ0) is 20.4. The van der Waals surface area contributed by atoms with Crippen molar-refractivity contribution in [2.24, 2.45) is 0 Å². The third kappa shape index (κ3) is 7.15. The maximum atomic E-state index is 10.1. The van der Waals surface area contributed by atoms with E-state index in [1.807, 2.05) is 0 Å². The molecule has 1 atom stereocenters. The average Bonchev–Trinajstić information content (AvgIpc) is 2.52. The predicted molar refractivity (Wildman–Crippen MR) is 76.7 cm³/mol. The highest BCUT2D eigenvalue weighted by Crippen LogP contribution is 2.12. The second-order valence-corrected chi connectivity index (χ2v) is 4.14. The highest BCUT2D eigenvalue weighted by atomic mass is 16.5. The predicted octanol–water partition coefficient (Wildman–Crippen LogP) is 1.61. The summed E-state index contributed by atoms with van der Waals surface area (Å²) in [4.78, 5) is 0. The maximum Gasteiger partial charge on any atom is 0.119 e. The first-order valence-electron chi connectivity index (χ1n) is 9.47. The van der Waals surface area contributed by atoms with Crippen LogP contribution in [0.2, 0.25) is 0 Å². The average molecular weight is 274 g/mol. The summed E-state index contributed by atoms with van der Waals surface area (Å²) in [6.45, 7) is -2.08. The monoisotopic (exact) mass is 274 g/mol. The van der Waals surface area contributed by atoms with E-state index in [0.29, 0.717) is 0 Å². The first-order chi connectivity index (χ1) is 11.7. The molecule has 0 amide bonds. The lowest BCUT2D eigenvalue weighted by Gasteiger charge is -2.15. The third-order valence-electron chi connectivity index (χ3n) is 2.12. The standard InChI is InChI=1S/C15H25NO3/c1-12(2)16-10-14(17)11-19-15-6-4-13(5-7-15)8-9-18-3/h4-7,12,14,16-17H,8-11H2,1-3H3/i8D2,9D2,11D2,14D. The lowest BCUT2D eigenvalue weighted by molar-refractivity contribution is 0.104. The van der Waals surface area contributed by atoms with Gasteiger partial charge < -0.3 is 19.9 Å². The van der Waals surface area contributed by atoms with Crippen LogP contribution in [0.15, 0.2) is 24.3 Å². The van der Waals surface area contributed by atoms with Crippen molar-refractivity contribution in [2.45, 2.75) is 32.3 Å². The molecule has 0 spiro atoms. The molecule has 1 unspecified atom stereocenters. The molecule has 0 aromatic heterocycles. The van der Waals surface area contributed by atoms with Gasteiger partial charge in [-0.25, -0.2) is 0 Å². The van der Waals surface area contributed by atoms with Crippen LogP contribution in [0, 0.1) is 0 Å². The Hall–Kier alpha value is -1.10. The summed E-state index contributed by atoms with van der Waals surface area (Å²) in [6.07, 6.45) is -5.01. The lowest BCUT2D eigenvalue weighted by Crippen LogP contribution is -2.35. The van der Waals surface area contributed by atoms with Crippen molar-refractivity contribution in [1.82, 2.24) is 5.32 Å². The molecule has 0 saturated carbocycles. The normalized spacial score (nSPS) is 22.1. The SMILES string of the molecule is [2H]C(O)(CNC(C)C)C([2H])([2H])Oc1ccc(C([2H])([2H])C([2H])([2H])OC)cc1. The van der Waals surface area contributed by atoms with Gasteiger partial charge in [0.25, 0.3) is 0 Å². The van der Waals surface area contributed by atoms with Crippen LogP contribution in [0.3, 0.4) is 0 Å². The van der Waals surface area contributed by atoms with Gasteiger partial charge >= 0.3 is 0 Å². The Morgan fingerprint density at radius 3 is 2.63 bits per heavy atom. The van der Waals surface area contributed by atoms with Crippen LogP contribution in [0.1, 0.15) is 29.0 Å². The smallest absolute Gasteiger partial charge is 0.119 e. The number of aryl methyl sites for hydroxylation is 1. The van der Waals surface area contributed by atoms with E-state index in [1.54, 1.807) is 13.8 Å². The molecule has 1 rings (SSSR count). The van der Waals surface area contributed by atoms with Crippen molar-refractivity contribution in [2.75, 3.05) is 26.8 Å². The number of aliphatic hydroxyl groups is 1. The van der Waals surface area contributed by atoms with Gasteiger partial charge in [0.15, 0.2) is 0 Å². The van der Waals surface area contributed by atoms with E-state index in [2.05, 4.69) is 10.1 Å². The Kier molecular flexibility index (Phi) is 3.87. The summed E-state index contributed by atoms with van der Waals surface area (Å²) in [5, 5.41) is 12.8. The summed E-state index contributed by atoms with van der Waals surface area (Å²) >= 11 is 0. The van der Waals surface area contributed by atoms with Gasteiger partial charge in [-0.05, 0) is 24.1 Å². The molecular formula is C15H25NO3. The molecule has 0 bridgehead atoms. The summed E-state index contributed by atoms with van der Waals surface area (Å²) in [5.41, 5.74) is -0.0279. The number of hydrogen-bond donors (Lipinski definition) is 2. The van der Waals surface area contributed by atoms with Crippen molar-refractivity contribution < 1.29 is 24.2 Å². The maximum absolute atomic E-state index is 10.1. The molecular weight excluding hydrogens is 242 g/mol. The molecule has 0 aliphatic rings. The number of benzene rings is 1. The highest BCUT2D eigenvalue weighted by molar-refractivity contribution is 5.27. The van der Waals surface area contributed by atoms with Gasteiger partial charge in [0.2, 0.25) is 0 Å². The van der Waals surface area contributed by atoms with Crippen LogP contribution in [-0.4, -0.2) is 44.0 Å². The van der Waals surface area contributed by atoms with Crippen LogP contribution >= 0.6 is 0 Å². The Morgan fingerprint density at radius 2 is 2.05 bits per heavy atom. The Balaban J connectivity index is 2.96. The summed E-state index contributed by atoms with van der Waals surface area (Å²) in [7, 11) is 1.06. The molecule has 1 aromatic rings. The lowest BCUT2D eigenvalue weighted by atomic mass is 10.1. The van der Waals surface area contributed by atoms with E-state index >= 15 is 0 Å². The third-order valence-corrected chi connectivity index (χ3v) is 2.12. The summed E-state index contributed by atoms with van der Waals surface area (Å²) in [5.74, 6) is -0.0391. The van der Waals surface area contributed by atoms with Gasteiger partial charge in [-0.1, -0.05) is 26.0 Å². The highest BCUT2D eigenvalue weighted by Gasteiger charge is 2.05. The number of hydrogen-bond acceptors (Lipinski definition) is 4.